The Bertz CT molecular complexity index is 463. The minimum atomic E-state index is -0.733. The first-order valence-corrected chi connectivity index (χ1v) is 6.09. The summed E-state index contributed by atoms with van der Waals surface area (Å²) in [4.78, 5) is 10.5. The Kier molecular flexibility index (Phi) is 6.15. The van der Waals surface area contributed by atoms with Gasteiger partial charge in [0.2, 0.25) is 5.75 Å². The molecule has 0 aliphatic rings. The van der Waals surface area contributed by atoms with Gasteiger partial charge in [0.05, 0.1) is 27.0 Å². The maximum Gasteiger partial charge on any atom is 0.332 e. The van der Waals surface area contributed by atoms with Gasteiger partial charge in [-0.05, 0) is 18.6 Å². The second-order valence-electron chi connectivity index (χ2n) is 3.84. The van der Waals surface area contributed by atoms with Crippen molar-refractivity contribution in [2.75, 3.05) is 20.8 Å². The highest BCUT2D eigenvalue weighted by atomic mass is 16.5. The summed E-state index contributed by atoms with van der Waals surface area (Å²) in [5.41, 5.74) is 7.70. The number of benzene rings is 1. The Balaban J connectivity index is 3.05. The van der Waals surface area contributed by atoms with Gasteiger partial charge in [0.1, 0.15) is 0 Å². The molecule has 110 valence electrons. The number of ether oxygens (including phenoxy) is 3. The van der Waals surface area contributed by atoms with E-state index in [9.17, 15) is 4.79 Å². The molecule has 0 saturated carbocycles. The van der Waals surface area contributed by atoms with Gasteiger partial charge in [0.25, 0.3) is 0 Å². The van der Waals surface area contributed by atoms with E-state index in [0.29, 0.717) is 29.4 Å². The lowest BCUT2D eigenvalue weighted by Gasteiger charge is -2.14. The van der Waals surface area contributed by atoms with Gasteiger partial charge in [-0.2, -0.15) is 5.10 Å². The van der Waals surface area contributed by atoms with Gasteiger partial charge in [-0.15, -0.1) is 0 Å². The molecule has 7 heteroatoms. The first-order chi connectivity index (χ1) is 9.62. The molecule has 0 bridgehead atoms. The summed E-state index contributed by atoms with van der Waals surface area (Å²) < 4.78 is 16.2. The van der Waals surface area contributed by atoms with Crippen molar-refractivity contribution in [3.63, 3.8) is 0 Å². The molecule has 20 heavy (non-hydrogen) atoms. The number of carbonyl (C=O) groups is 1. The number of hydrogen-bond acceptors (Lipinski definition) is 5. The topological polar surface area (TPSA) is 95.2 Å². The Morgan fingerprint density at radius 2 is 1.95 bits per heavy atom. The third kappa shape index (κ3) is 4.34. The van der Waals surface area contributed by atoms with Crippen molar-refractivity contribution < 1.29 is 19.0 Å². The average Bonchev–Trinajstić information content (AvgIpc) is 2.44. The Morgan fingerprint density at radius 1 is 1.35 bits per heavy atom. The molecule has 0 aromatic heterocycles. The number of methoxy groups -OCH3 is 2. The van der Waals surface area contributed by atoms with Crippen molar-refractivity contribution in [2.45, 2.75) is 13.3 Å². The molecule has 0 saturated heterocycles. The van der Waals surface area contributed by atoms with Crippen LogP contribution in [0.1, 0.15) is 18.9 Å². The molecular weight excluding hydrogens is 262 g/mol. The van der Waals surface area contributed by atoms with Crippen LogP contribution in [0.2, 0.25) is 0 Å². The van der Waals surface area contributed by atoms with Crippen molar-refractivity contribution in [3.8, 4) is 17.2 Å². The van der Waals surface area contributed by atoms with Gasteiger partial charge >= 0.3 is 6.03 Å². The van der Waals surface area contributed by atoms with Crippen molar-refractivity contribution >= 4 is 12.2 Å². The highest BCUT2D eigenvalue weighted by Crippen LogP contribution is 2.38. The predicted octanol–water partition coefficient (Wildman–Crippen LogP) is 1.49. The summed E-state index contributed by atoms with van der Waals surface area (Å²) in [5.74, 6) is 1.59. The van der Waals surface area contributed by atoms with E-state index in [-0.39, 0.29) is 0 Å². The molecule has 0 radical (unpaired) electrons. The third-order valence-electron chi connectivity index (χ3n) is 2.32. The molecule has 3 N–H and O–H groups in total. The molecule has 2 amide bonds. The molecule has 0 unspecified atom stereocenters. The van der Waals surface area contributed by atoms with E-state index in [4.69, 9.17) is 19.9 Å². The lowest BCUT2D eigenvalue weighted by Crippen LogP contribution is -2.24. The summed E-state index contributed by atoms with van der Waals surface area (Å²) in [7, 11) is 3.08. The van der Waals surface area contributed by atoms with Crippen LogP contribution < -0.4 is 25.4 Å². The summed E-state index contributed by atoms with van der Waals surface area (Å²) in [5, 5.41) is 3.68. The fraction of sp³-hybridized carbons (Fsp3) is 0.385. The standard InChI is InChI=1S/C13H19N3O4/c1-4-5-20-12-10(18-2)6-9(7-11(12)19-3)8-15-16-13(14)17/h6-8H,4-5H2,1-3H3,(H3,14,16,17)/b15-8-. The highest BCUT2D eigenvalue weighted by Gasteiger charge is 2.13. The predicted molar refractivity (Wildman–Crippen MR) is 75.6 cm³/mol. The van der Waals surface area contributed by atoms with Gasteiger partial charge in [0, 0.05) is 5.56 Å². The first kappa shape index (κ1) is 15.6. The summed E-state index contributed by atoms with van der Waals surface area (Å²) in [6, 6.07) is 2.71. The number of amides is 2. The van der Waals surface area contributed by atoms with Gasteiger partial charge in [-0.3, -0.25) is 0 Å². The molecule has 0 heterocycles. The monoisotopic (exact) mass is 281 g/mol. The summed E-state index contributed by atoms with van der Waals surface area (Å²) in [6.45, 7) is 2.57. The Labute approximate surface area is 117 Å². The summed E-state index contributed by atoms with van der Waals surface area (Å²) in [6.07, 6.45) is 2.30. The molecular formula is C13H19N3O4. The minimum Gasteiger partial charge on any atom is -0.493 e. The fourth-order valence-corrected chi connectivity index (χ4v) is 1.49. The summed E-state index contributed by atoms with van der Waals surface area (Å²) >= 11 is 0. The van der Waals surface area contributed by atoms with Crippen LogP contribution in [0.5, 0.6) is 17.2 Å². The zero-order chi connectivity index (χ0) is 15.0. The minimum absolute atomic E-state index is 0.526. The molecule has 0 aliphatic carbocycles. The fourth-order valence-electron chi connectivity index (χ4n) is 1.49. The van der Waals surface area contributed by atoms with Crippen molar-refractivity contribution in [3.05, 3.63) is 17.7 Å². The Morgan fingerprint density at radius 3 is 2.40 bits per heavy atom. The van der Waals surface area contributed by atoms with Gasteiger partial charge in [-0.1, -0.05) is 6.92 Å². The molecule has 1 rings (SSSR count). The molecule has 0 spiro atoms. The molecule has 1 aromatic rings. The molecule has 0 aliphatic heterocycles. The van der Waals surface area contributed by atoms with Crippen molar-refractivity contribution in [2.24, 2.45) is 10.8 Å². The van der Waals surface area contributed by atoms with Gasteiger partial charge < -0.3 is 19.9 Å². The zero-order valence-corrected chi connectivity index (χ0v) is 11.8. The van der Waals surface area contributed by atoms with E-state index >= 15 is 0 Å². The van der Waals surface area contributed by atoms with E-state index in [1.165, 1.54) is 20.4 Å². The number of nitrogens with one attached hydrogen (secondary N) is 1. The largest absolute Gasteiger partial charge is 0.493 e. The number of carbonyl (C=O) groups excluding carboxylic acids is 1. The number of urea groups is 1. The van der Waals surface area contributed by atoms with Crippen LogP contribution >= 0.6 is 0 Å². The van der Waals surface area contributed by atoms with Crippen LogP contribution in [0.25, 0.3) is 0 Å². The van der Waals surface area contributed by atoms with E-state index in [2.05, 4.69) is 10.5 Å². The average molecular weight is 281 g/mol. The molecule has 7 nitrogen and oxygen atoms in total. The number of rotatable bonds is 7. The van der Waals surface area contributed by atoms with Crippen LogP contribution in [0.3, 0.4) is 0 Å². The van der Waals surface area contributed by atoms with Crippen LogP contribution in [-0.4, -0.2) is 33.1 Å². The van der Waals surface area contributed by atoms with E-state index in [0.717, 1.165) is 6.42 Å². The first-order valence-electron chi connectivity index (χ1n) is 6.09. The lowest BCUT2D eigenvalue weighted by atomic mass is 10.2. The van der Waals surface area contributed by atoms with Crippen molar-refractivity contribution in [1.82, 2.24) is 5.43 Å². The van der Waals surface area contributed by atoms with Crippen LogP contribution in [0.4, 0.5) is 4.79 Å². The van der Waals surface area contributed by atoms with E-state index < -0.39 is 6.03 Å². The number of nitrogens with two attached hydrogens (primary N) is 1. The maximum absolute atomic E-state index is 10.5. The smallest absolute Gasteiger partial charge is 0.332 e. The second-order valence-corrected chi connectivity index (χ2v) is 3.84. The number of nitrogens with zero attached hydrogens (tertiary/aromatic N) is 1. The molecule has 1 aromatic carbocycles. The number of hydrogen-bond donors (Lipinski definition) is 2. The van der Waals surface area contributed by atoms with Gasteiger partial charge in [0.15, 0.2) is 11.5 Å². The quantitative estimate of drug-likeness (QED) is 0.584. The molecule has 0 atom stereocenters. The normalized spacial score (nSPS) is 10.3. The Hall–Kier alpha value is -2.44. The highest BCUT2D eigenvalue weighted by molar-refractivity contribution is 5.83. The van der Waals surface area contributed by atoms with Crippen LogP contribution in [-0.2, 0) is 0 Å². The van der Waals surface area contributed by atoms with E-state index in [1.54, 1.807) is 12.1 Å². The second kappa shape index (κ2) is 7.88. The van der Waals surface area contributed by atoms with Gasteiger partial charge in [-0.25, -0.2) is 10.2 Å². The van der Waals surface area contributed by atoms with E-state index in [1.807, 2.05) is 6.92 Å². The third-order valence-corrected chi connectivity index (χ3v) is 2.32. The van der Waals surface area contributed by atoms with Crippen LogP contribution in [0, 0.1) is 0 Å². The SMILES string of the molecule is CCCOc1c(OC)cc(/C=N\NC(N)=O)cc1OC. The number of hydrazone groups is 1. The van der Waals surface area contributed by atoms with Crippen LogP contribution in [0.15, 0.2) is 17.2 Å². The number of primary amides is 1. The lowest BCUT2D eigenvalue weighted by molar-refractivity contribution is 0.249. The zero-order valence-electron chi connectivity index (χ0n) is 11.8. The van der Waals surface area contributed by atoms with Crippen molar-refractivity contribution in [1.29, 1.82) is 0 Å². The maximum atomic E-state index is 10.5. The molecule has 0 fully saturated rings.